The molecular weight excluding hydrogens is 259 g/mol. The van der Waals surface area contributed by atoms with Gasteiger partial charge in [-0.05, 0) is 29.8 Å². The lowest BCUT2D eigenvalue weighted by Crippen LogP contribution is -2.19. The van der Waals surface area contributed by atoms with Crippen LogP contribution < -0.4 is 10.6 Å². The van der Waals surface area contributed by atoms with E-state index in [0.717, 1.165) is 5.56 Å². The summed E-state index contributed by atoms with van der Waals surface area (Å²) in [6.45, 7) is 0.481. The van der Waals surface area contributed by atoms with Crippen molar-refractivity contribution in [3.8, 4) is 0 Å². The topological polar surface area (TPSA) is 74.7 Å². The number of halogens is 1. The van der Waals surface area contributed by atoms with Gasteiger partial charge in [0.1, 0.15) is 11.5 Å². The predicted molar refractivity (Wildman–Crippen MR) is 75.3 cm³/mol. The Morgan fingerprint density at radius 1 is 1.40 bits per heavy atom. The molecule has 1 heterocycles. The first-order valence-corrected chi connectivity index (χ1v) is 6.00. The molecule has 5 nitrogen and oxygen atoms in total. The van der Waals surface area contributed by atoms with Crippen LogP contribution in [0.15, 0.2) is 47.8 Å². The van der Waals surface area contributed by atoms with Gasteiger partial charge in [0.15, 0.2) is 5.84 Å². The highest BCUT2D eigenvalue weighted by atomic mass is 19.1. The van der Waals surface area contributed by atoms with Crippen LogP contribution in [-0.4, -0.2) is 23.1 Å². The largest absolute Gasteiger partial charge is 0.409 e. The summed E-state index contributed by atoms with van der Waals surface area (Å²) >= 11 is 0. The maximum Gasteiger partial charge on any atom is 0.188 e. The average molecular weight is 274 g/mol. The number of para-hydroxylation sites is 1. The number of anilines is 1. The van der Waals surface area contributed by atoms with Crippen LogP contribution in [0, 0.1) is 5.82 Å². The second-order valence-electron chi connectivity index (χ2n) is 4.34. The van der Waals surface area contributed by atoms with Crippen molar-refractivity contribution < 1.29 is 9.60 Å². The molecule has 0 atom stereocenters. The van der Waals surface area contributed by atoms with Crippen molar-refractivity contribution in [2.45, 2.75) is 6.54 Å². The molecule has 6 heteroatoms. The zero-order valence-electron chi connectivity index (χ0n) is 11.0. The van der Waals surface area contributed by atoms with Gasteiger partial charge >= 0.3 is 0 Å². The van der Waals surface area contributed by atoms with E-state index in [1.54, 1.807) is 48.5 Å². The average Bonchev–Trinajstić information content (AvgIpc) is 2.47. The fraction of sp³-hybridized carbons (Fsp3) is 0.143. The fourth-order valence-corrected chi connectivity index (χ4v) is 1.88. The summed E-state index contributed by atoms with van der Waals surface area (Å²) in [5, 5.41) is 11.5. The van der Waals surface area contributed by atoms with Gasteiger partial charge in [-0.1, -0.05) is 17.3 Å². The first-order chi connectivity index (χ1) is 9.61. The van der Waals surface area contributed by atoms with E-state index in [1.165, 1.54) is 6.07 Å². The highest BCUT2D eigenvalue weighted by Crippen LogP contribution is 2.19. The Morgan fingerprint density at radius 3 is 2.85 bits per heavy atom. The smallest absolute Gasteiger partial charge is 0.188 e. The van der Waals surface area contributed by atoms with Crippen molar-refractivity contribution in [2.24, 2.45) is 10.9 Å². The number of hydrogen-bond donors (Lipinski definition) is 2. The molecule has 0 radical (unpaired) electrons. The molecule has 104 valence electrons. The second kappa shape index (κ2) is 6.01. The van der Waals surface area contributed by atoms with Crippen molar-refractivity contribution in [1.29, 1.82) is 0 Å². The maximum absolute atomic E-state index is 13.7. The lowest BCUT2D eigenvalue weighted by Gasteiger charge is -2.20. The van der Waals surface area contributed by atoms with Crippen LogP contribution >= 0.6 is 0 Å². The predicted octanol–water partition coefficient (Wildman–Crippen LogP) is 1.95. The summed E-state index contributed by atoms with van der Waals surface area (Å²) in [7, 11) is 1.79. The van der Waals surface area contributed by atoms with E-state index in [0.29, 0.717) is 17.9 Å². The first-order valence-electron chi connectivity index (χ1n) is 6.00. The molecule has 3 N–H and O–H groups in total. The van der Waals surface area contributed by atoms with Crippen molar-refractivity contribution in [1.82, 2.24) is 4.98 Å². The molecule has 0 aliphatic heterocycles. The highest BCUT2D eigenvalue weighted by Gasteiger charge is 2.08. The number of oxime groups is 1. The van der Waals surface area contributed by atoms with Gasteiger partial charge in [-0.3, -0.25) is 4.98 Å². The number of amidine groups is 1. The maximum atomic E-state index is 13.7. The molecule has 0 saturated heterocycles. The Bertz CT molecular complexity index is 630. The molecule has 0 saturated carbocycles. The van der Waals surface area contributed by atoms with Crippen LogP contribution in [0.2, 0.25) is 0 Å². The van der Waals surface area contributed by atoms with E-state index >= 15 is 0 Å². The van der Waals surface area contributed by atoms with Gasteiger partial charge in [0, 0.05) is 19.8 Å². The van der Waals surface area contributed by atoms with Crippen molar-refractivity contribution in [3.05, 3.63) is 59.7 Å². The van der Waals surface area contributed by atoms with E-state index in [4.69, 9.17) is 10.9 Å². The van der Waals surface area contributed by atoms with E-state index < -0.39 is 0 Å². The zero-order valence-corrected chi connectivity index (χ0v) is 11.0. The van der Waals surface area contributed by atoms with E-state index in [9.17, 15) is 4.39 Å². The molecule has 2 aromatic rings. The van der Waals surface area contributed by atoms with Gasteiger partial charge in [0.2, 0.25) is 0 Å². The van der Waals surface area contributed by atoms with Gasteiger partial charge < -0.3 is 15.8 Å². The standard InChI is InChI=1S/C14H15FN4O/c1-19(13-5-3-2-4-11(13)15)9-10-6-7-17-12(8-10)14(16)18-20/h2-8,20H,9H2,1H3,(H2,16,18). The first kappa shape index (κ1) is 13.8. The monoisotopic (exact) mass is 274 g/mol. The molecule has 1 aromatic carbocycles. The molecule has 0 fully saturated rings. The van der Waals surface area contributed by atoms with E-state index in [1.807, 2.05) is 0 Å². The molecule has 2 rings (SSSR count). The Morgan fingerprint density at radius 2 is 2.15 bits per heavy atom. The summed E-state index contributed by atoms with van der Waals surface area (Å²) in [5.74, 6) is -0.332. The molecule has 0 spiro atoms. The molecule has 0 bridgehead atoms. The van der Waals surface area contributed by atoms with Crippen LogP contribution in [0.4, 0.5) is 10.1 Å². The minimum Gasteiger partial charge on any atom is -0.409 e. The third-order valence-electron chi connectivity index (χ3n) is 2.88. The third kappa shape index (κ3) is 3.03. The van der Waals surface area contributed by atoms with Gasteiger partial charge in [-0.15, -0.1) is 0 Å². The minimum atomic E-state index is -0.277. The second-order valence-corrected chi connectivity index (χ2v) is 4.34. The lowest BCUT2D eigenvalue weighted by atomic mass is 10.2. The summed E-state index contributed by atoms with van der Waals surface area (Å²) in [5.41, 5.74) is 7.27. The Kier molecular flexibility index (Phi) is 4.14. The third-order valence-corrected chi connectivity index (χ3v) is 2.88. The number of aromatic nitrogens is 1. The Hall–Kier alpha value is -2.63. The zero-order chi connectivity index (χ0) is 14.5. The lowest BCUT2D eigenvalue weighted by molar-refractivity contribution is 0.318. The number of benzene rings is 1. The van der Waals surface area contributed by atoms with Gasteiger partial charge in [0.25, 0.3) is 0 Å². The van der Waals surface area contributed by atoms with Gasteiger partial charge in [0.05, 0.1) is 5.69 Å². The normalized spacial score (nSPS) is 11.4. The minimum absolute atomic E-state index is 0.0552. The van der Waals surface area contributed by atoms with Crippen molar-refractivity contribution in [2.75, 3.05) is 11.9 Å². The molecule has 0 amide bonds. The Balaban J connectivity index is 2.20. The molecule has 0 unspecified atom stereocenters. The SMILES string of the molecule is CN(Cc1ccnc(C(N)=NO)c1)c1ccccc1F. The van der Waals surface area contributed by atoms with Gasteiger partial charge in [-0.25, -0.2) is 4.39 Å². The van der Waals surface area contributed by atoms with Crippen LogP contribution in [0.1, 0.15) is 11.3 Å². The van der Waals surface area contributed by atoms with Crippen LogP contribution in [-0.2, 0) is 6.54 Å². The molecule has 20 heavy (non-hydrogen) atoms. The molecule has 1 aromatic heterocycles. The number of hydrogen-bond acceptors (Lipinski definition) is 4. The Labute approximate surface area is 116 Å². The summed E-state index contributed by atoms with van der Waals surface area (Å²) in [6.07, 6.45) is 1.57. The summed E-state index contributed by atoms with van der Waals surface area (Å²) in [6, 6.07) is 10.1. The molecular formula is C14H15FN4O. The number of rotatable bonds is 4. The van der Waals surface area contributed by atoms with Gasteiger partial charge in [-0.2, -0.15) is 0 Å². The number of nitrogens with two attached hydrogens (primary N) is 1. The van der Waals surface area contributed by atoms with Crippen LogP contribution in [0.25, 0.3) is 0 Å². The van der Waals surface area contributed by atoms with Crippen LogP contribution in [0.3, 0.4) is 0 Å². The van der Waals surface area contributed by atoms with Crippen molar-refractivity contribution >= 4 is 11.5 Å². The molecule has 0 aliphatic carbocycles. The fourth-order valence-electron chi connectivity index (χ4n) is 1.88. The quantitative estimate of drug-likeness (QED) is 0.387. The van der Waals surface area contributed by atoms with E-state index in [-0.39, 0.29) is 11.7 Å². The number of pyridine rings is 1. The number of nitrogens with zero attached hydrogens (tertiary/aromatic N) is 3. The van der Waals surface area contributed by atoms with Crippen LogP contribution in [0.5, 0.6) is 0 Å². The van der Waals surface area contributed by atoms with E-state index in [2.05, 4.69) is 10.1 Å². The van der Waals surface area contributed by atoms with Crippen molar-refractivity contribution in [3.63, 3.8) is 0 Å². The molecule has 0 aliphatic rings. The summed E-state index contributed by atoms with van der Waals surface area (Å²) < 4.78 is 13.7. The summed E-state index contributed by atoms with van der Waals surface area (Å²) in [4.78, 5) is 5.78. The highest BCUT2D eigenvalue weighted by molar-refractivity contribution is 5.95.